The van der Waals surface area contributed by atoms with E-state index in [1.54, 1.807) is 0 Å². The molecule has 0 aliphatic carbocycles. The van der Waals surface area contributed by atoms with E-state index in [0.717, 1.165) is 51.8 Å². The highest BCUT2D eigenvalue weighted by Gasteiger charge is 2.08. The van der Waals surface area contributed by atoms with Crippen LogP contribution < -0.4 is 0 Å². The van der Waals surface area contributed by atoms with Crippen molar-refractivity contribution in [2.75, 3.05) is 0 Å². The summed E-state index contributed by atoms with van der Waals surface area (Å²) in [4.78, 5) is 17.4. The molecule has 0 aliphatic rings. The summed E-state index contributed by atoms with van der Waals surface area (Å²) in [7, 11) is 0. The van der Waals surface area contributed by atoms with Crippen LogP contribution in [-0.2, 0) is 12.8 Å². The minimum absolute atomic E-state index is 0.835. The Bertz CT molecular complexity index is 1210. The largest absolute Gasteiger partial charge is 0.342 e. The number of rotatable bonds is 3. The third-order valence-electron chi connectivity index (χ3n) is 4.56. The zero-order valence-corrected chi connectivity index (χ0v) is 13.6. The van der Waals surface area contributed by atoms with E-state index in [0.29, 0.717) is 0 Å². The number of benzene rings is 2. The average Bonchev–Trinajstić information content (AvgIpc) is 3.10. The van der Waals surface area contributed by atoms with Crippen LogP contribution in [0.3, 0.4) is 0 Å². The number of pyridine rings is 2. The van der Waals surface area contributed by atoms with Gasteiger partial charge in [-0.15, -0.1) is 0 Å². The first-order valence-electron chi connectivity index (χ1n) is 8.44. The third-order valence-corrected chi connectivity index (χ3v) is 4.56. The van der Waals surface area contributed by atoms with Crippen molar-refractivity contribution in [3.8, 4) is 0 Å². The van der Waals surface area contributed by atoms with Gasteiger partial charge in [0.05, 0.1) is 22.1 Å². The lowest BCUT2D eigenvalue weighted by molar-refractivity contribution is 0.866. The van der Waals surface area contributed by atoms with Gasteiger partial charge in [-0.3, -0.25) is 9.97 Å². The standard InChI is InChI=1S/C21H16N4/c1-2-6-17-14(4-1)7-8-15(23-17)9-12-20-24-19-11-10-18-16(21(19)25-20)5-3-13-22-18/h1-8,10-11,13H,9,12H2,(H,24,25). The number of aromatic amines is 1. The van der Waals surface area contributed by atoms with Gasteiger partial charge in [0.15, 0.2) is 0 Å². The monoisotopic (exact) mass is 324 g/mol. The van der Waals surface area contributed by atoms with Crippen LogP contribution in [0.5, 0.6) is 0 Å². The fourth-order valence-corrected chi connectivity index (χ4v) is 3.29. The zero-order valence-electron chi connectivity index (χ0n) is 13.6. The Hall–Kier alpha value is -3.27. The van der Waals surface area contributed by atoms with Gasteiger partial charge < -0.3 is 4.98 Å². The summed E-state index contributed by atoms with van der Waals surface area (Å²) in [5, 5.41) is 2.26. The molecule has 2 aromatic carbocycles. The van der Waals surface area contributed by atoms with Crippen molar-refractivity contribution in [1.29, 1.82) is 0 Å². The number of imidazole rings is 1. The maximum Gasteiger partial charge on any atom is 0.107 e. The molecule has 0 aliphatic heterocycles. The van der Waals surface area contributed by atoms with E-state index >= 15 is 0 Å². The van der Waals surface area contributed by atoms with Crippen molar-refractivity contribution >= 4 is 32.8 Å². The number of hydrogen-bond acceptors (Lipinski definition) is 3. The lowest BCUT2D eigenvalue weighted by atomic mass is 10.1. The summed E-state index contributed by atoms with van der Waals surface area (Å²) in [5.41, 5.74) is 5.16. The Morgan fingerprint density at radius 3 is 2.72 bits per heavy atom. The Balaban J connectivity index is 1.46. The SMILES string of the molecule is c1ccc2nc(CCc3nc4c(ccc5ncccc54)[nH]3)ccc2c1. The normalized spacial score (nSPS) is 11.5. The summed E-state index contributed by atoms with van der Waals surface area (Å²) < 4.78 is 0. The molecule has 5 aromatic rings. The molecular weight excluding hydrogens is 308 g/mol. The van der Waals surface area contributed by atoms with Crippen LogP contribution in [-0.4, -0.2) is 19.9 Å². The number of fused-ring (bicyclic) bond motifs is 4. The van der Waals surface area contributed by atoms with Crippen LogP contribution in [0.2, 0.25) is 0 Å². The number of para-hydroxylation sites is 1. The Labute approximate surface area is 144 Å². The Morgan fingerprint density at radius 1 is 0.760 bits per heavy atom. The van der Waals surface area contributed by atoms with Crippen LogP contribution in [0.25, 0.3) is 32.8 Å². The van der Waals surface area contributed by atoms with Gasteiger partial charge in [-0.2, -0.15) is 0 Å². The van der Waals surface area contributed by atoms with Crippen LogP contribution in [0.4, 0.5) is 0 Å². The second-order valence-electron chi connectivity index (χ2n) is 6.21. The molecule has 0 saturated carbocycles. The zero-order chi connectivity index (χ0) is 16.6. The average molecular weight is 324 g/mol. The van der Waals surface area contributed by atoms with Crippen LogP contribution in [0.1, 0.15) is 11.5 Å². The molecule has 0 spiro atoms. The first-order valence-corrected chi connectivity index (χ1v) is 8.44. The number of nitrogens with one attached hydrogen (secondary N) is 1. The highest BCUT2D eigenvalue weighted by molar-refractivity contribution is 6.02. The summed E-state index contributed by atoms with van der Waals surface area (Å²) in [6.45, 7) is 0. The van der Waals surface area contributed by atoms with Gasteiger partial charge in [0.2, 0.25) is 0 Å². The first-order chi connectivity index (χ1) is 12.4. The van der Waals surface area contributed by atoms with E-state index < -0.39 is 0 Å². The molecule has 5 rings (SSSR count). The molecule has 0 fully saturated rings. The van der Waals surface area contributed by atoms with Crippen molar-refractivity contribution < 1.29 is 0 Å². The van der Waals surface area contributed by atoms with Crippen molar-refractivity contribution in [1.82, 2.24) is 19.9 Å². The van der Waals surface area contributed by atoms with E-state index in [1.807, 2.05) is 30.5 Å². The summed E-state index contributed by atoms with van der Waals surface area (Å²) in [6.07, 6.45) is 3.51. The maximum absolute atomic E-state index is 4.79. The summed E-state index contributed by atoms with van der Waals surface area (Å²) in [6, 6.07) is 20.5. The predicted octanol–water partition coefficient (Wildman–Crippen LogP) is 4.44. The number of aromatic nitrogens is 4. The lowest BCUT2D eigenvalue weighted by Gasteiger charge is -2.01. The molecule has 1 N–H and O–H groups in total. The van der Waals surface area contributed by atoms with E-state index in [2.05, 4.69) is 46.4 Å². The minimum Gasteiger partial charge on any atom is -0.342 e. The molecule has 4 nitrogen and oxygen atoms in total. The molecule has 0 radical (unpaired) electrons. The molecular formula is C21H16N4. The Morgan fingerprint density at radius 2 is 1.72 bits per heavy atom. The third kappa shape index (κ3) is 2.52. The van der Waals surface area contributed by atoms with Crippen molar-refractivity contribution in [3.05, 3.63) is 78.4 Å². The van der Waals surface area contributed by atoms with E-state index in [4.69, 9.17) is 9.97 Å². The van der Waals surface area contributed by atoms with Crippen LogP contribution >= 0.6 is 0 Å². The fraction of sp³-hybridized carbons (Fsp3) is 0.0952. The van der Waals surface area contributed by atoms with Crippen LogP contribution in [0, 0.1) is 0 Å². The quantitative estimate of drug-likeness (QED) is 0.533. The molecule has 25 heavy (non-hydrogen) atoms. The molecule has 0 bridgehead atoms. The van der Waals surface area contributed by atoms with E-state index in [9.17, 15) is 0 Å². The summed E-state index contributed by atoms with van der Waals surface area (Å²) in [5.74, 6) is 0.987. The van der Waals surface area contributed by atoms with Gasteiger partial charge in [-0.25, -0.2) is 4.98 Å². The molecule has 3 heterocycles. The van der Waals surface area contributed by atoms with Crippen molar-refractivity contribution in [2.24, 2.45) is 0 Å². The molecule has 0 saturated heterocycles. The number of nitrogens with zero attached hydrogens (tertiary/aromatic N) is 3. The Kier molecular flexibility index (Phi) is 3.20. The minimum atomic E-state index is 0.835. The van der Waals surface area contributed by atoms with Gasteiger partial charge in [-0.1, -0.05) is 24.3 Å². The molecule has 0 unspecified atom stereocenters. The number of hydrogen-bond donors (Lipinski definition) is 1. The van der Waals surface area contributed by atoms with Gasteiger partial charge in [0.1, 0.15) is 5.82 Å². The second-order valence-corrected chi connectivity index (χ2v) is 6.21. The van der Waals surface area contributed by atoms with Crippen molar-refractivity contribution in [2.45, 2.75) is 12.8 Å². The van der Waals surface area contributed by atoms with Crippen molar-refractivity contribution in [3.63, 3.8) is 0 Å². The maximum atomic E-state index is 4.79. The van der Waals surface area contributed by atoms with E-state index in [-0.39, 0.29) is 0 Å². The first kappa shape index (κ1) is 14.1. The molecule has 3 aromatic heterocycles. The topological polar surface area (TPSA) is 54.5 Å². The van der Waals surface area contributed by atoms with Gasteiger partial charge >= 0.3 is 0 Å². The van der Waals surface area contributed by atoms with E-state index in [1.165, 1.54) is 5.39 Å². The smallest absolute Gasteiger partial charge is 0.107 e. The highest BCUT2D eigenvalue weighted by atomic mass is 14.9. The highest BCUT2D eigenvalue weighted by Crippen LogP contribution is 2.22. The molecule has 4 heteroatoms. The number of aryl methyl sites for hydroxylation is 2. The molecule has 0 amide bonds. The van der Waals surface area contributed by atoms with Gasteiger partial charge in [0, 0.05) is 29.1 Å². The van der Waals surface area contributed by atoms with Gasteiger partial charge in [-0.05, 0) is 42.8 Å². The predicted molar refractivity (Wildman–Crippen MR) is 101 cm³/mol. The lowest BCUT2D eigenvalue weighted by Crippen LogP contribution is -1.96. The fourth-order valence-electron chi connectivity index (χ4n) is 3.29. The second kappa shape index (κ2) is 5.67. The molecule has 120 valence electrons. The van der Waals surface area contributed by atoms with Gasteiger partial charge in [0.25, 0.3) is 0 Å². The van der Waals surface area contributed by atoms with Crippen LogP contribution in [0.15, 0.2) is 66.9 Å². The summed E-state index contributed by atoms with van der Waals surface area (Å²) >= 11 is 0. The number of H-pyrrole nitrogens is 1. The molecule has 0 atom stereocenters.